The van der Waals surface area contributed by atoms with E-state index < -0.39 is 0 Å². The van der Waals surface area contributed by atoms with Crippen LogP contribution in [0, 0.1) is 0 Å². The molecule has 1 unspecified atom stereocenters. The van der Waals surface area contributed by atoms with E-state index >= 15 is 0 Å². The Kier molecular flexibility index (Phi) is 3.69. The van der Waals surface area contributed by atoms with E-state index in [1.807, 2.05) is 18.5 Å². The van der Waals surface area contributed by atoms with Crippen molar-refractivity contribution in [1.29, 1.82) is 0 Å². The van der Waals surface area contributed by atoms with Crippen molar-refractivity contribution in [2.45, 2.75) is 32.7 Å². The zero-order valence-corrected chi connectivity index (χ0v) is 10.1. The highest BCUT2D eigenvalue weighted by Gasteiger charge is 2.07. The van der Waals surface area contributed by atoms with Gasteiger partial charge in [0, 0.05) is 23.5 Å². The van der Waals surface area contributed by atoms with E-state index in [-0.39, 0.29) is 6.04 Å². The lowest BCUT2D eigenvalue weighted by Gasteiger charge is -2.12. The van der Waals surface area contributed by atoms with Crippen molar-refractivity contribution in [3.63, 3.8) is 0 Å². The van der Waals surface area contributed by atoms with Crippen LogP contribution < -0.4 is 5.32 Å². The van der Waals surface area contributed by atoms with Gasteiger partial charge in [0.15, 0.2) is 0 Å². The Morgan fingerprint density at radius 3 is 3.00 bits per heavy atom. The van der Waals surface area contributed by atoms with Crippen LogP contribution in [-0.2, 0) is 6.42 Å². The number of rotatable bonds is 5. The van der Waals surface area contributed by atoms with Gasteiger partial charge in [-0.15, -0.1) is 0 Å². The van der Waals surface area contributed by atoms with E-state index in [0.717, 1.165) is 29.9 Å². The number of anilines is 1. The summed E-state index contributed by atoms with van der Waals surface area (Å²) < 4.78 is 0. The molecule has 0 aliphatic heterocycles. The average molecular weight is 231 g/mol. The van der Waals surface area contributed by atoms with Crippen molar-refractivity contribution in [3.8, 4) is 0 Å². The van der Waals surface area contributed by atoms with Crippen LogP contribution in [0.4, 0.5) is 5.82 Å². The van der Waals surface area contributed by atoms with Crippen LogP contribution in [0.15, 0.2) is 24.8 Å². The number of aryl methyl sites for hydroxylation is 1. The van der Waals surface area contributed by atoms with Crippen molar-refractivity contribution in [3.05, 3.63) is 36.0 Å². The minimum atomic E-state index is 0.179. The van der Waals surface area contributed by atoms with Crippen molar-refractivity contribution < 1.29 is 0 Å². The Morgan fingerprint density at radius 1 is 1.41 bits per heavy atom. The third-order valence-electron chi connectivity index (χ3n) is 2.61. The fraction of sp³-hybridized carbons (Fsp3) is 0.417. The molecule has 2 aromatic heterocycles. The summed E-state index contributed by atoms with van der Waals surface area (Å²) in [5.41, 5.74) is 2.19. The number of aromatic nitrogens is 4. The lowest BCUT2D eigenvalue weighted by Crippen LogP contribution is -2.08. The Morgan fingerprint density at radius 2 is 2.29 bits per heavy atom. The first-order valence-corrected chi connectivity index (χ1v) is 5.85. The van der Waals surface area contributed by atoms with Crippen LogP contribution in [-0.4, -0.2) is 20.2 Å². The van der Waals surface area contributed by atoms with Gasteiger partial charge in [-0.1, -0.05) is 13.3 Å². The summed E-state index contributed by atoms with van der Waals surface area (Å²) in [7, 11) is 0. The summed E-state index contributed by atoms with van der Waals surface area (Å²) >= 11 is 0. The second-order valence-corrected chi connectivity index (χ2v) is 4.04. The van der Waals surface area contributed by atoms with Gasteiger partial charge in [0.1, 0.15) is 12.1 Å². The van der Waals surface area contributed by atoms with Gasteiger partial charge >= 0.3 is 0 Å². The van der Waals surface area contributed by atoms with Crippen LogP contribution in [0.25, 0.3) is 0 Å². The van der Waals surface area contributed by atoms with E-state index in [9.17, 15) is 0 Å². The first-order valence-electron chi connectivity index (χ1n) is 5.85. The van der Waals surface area contributed by atoms with Gasteiger partial charge in [-0.3, -0.25) is 5.10 Å². The van der Waals surface area contributed by atoms with Gasteiger partial charge in [-0.05, 0) is 13.3 Å². The van der Waals surface area contributed by atoms with Crippen molar-refractivity contribution >= 4 is 5.82 Å². The molecule has 0 aliphatic carbocycles. The Hall–Kier alpha value is -1.91. The summed E-state index contributed by atoms with van der Waals surface area (Å²) in [6.45, 7) is 4.22. The topological polar surface area (TPSA) is 66.5 Å². The lowest BCUT2D eigenvalue weighted by atomic mass is 10.2. The molecule has 0 bridgehead atoms. The third-order valence-corrected chi connectivity index (χ3v) is 2.61. The number of aromatic amines is 1. The lowest BCUT2D eigenvalue weighted by molar-refractivity contribution is 0.849. The Balaban J connectivity index is 2.05. The summed E-state index contributed by atoms with van der Waals surface area (Å²) in [6, 6.07) is 2.18. The first kappa shape index (κ1) is 11.6. The minimum Gasteiger partial charge on any atom is -0.363 e. The average Bonchev–Trinajstić information content (AvgIpc) is 2.83. The van der Waals surface area contributed by atoms with Crippen LogP contribution >= 0.6 is 0 Å². The maximum atomic E-state index is 4.23. The molecule has 0 radical (unpaired) electrons. The first-order chi connectivity index (χ1) is 8.29. The molecule has 0 aliphatic rings. The van der Waals surface area contributed by atoms with Crippen molar-refractivity contribution in [2.24, 2.45) is 0 Å². The molecule has 0 saturated heterocycles. The SMILES string of the molecule is CCCc1cc(NC(C)c2cn[nH]c2)ncn1. The molecule has 2 aromatic rings. The normalized spacial score (nSPS) is 12.4. The molecule has 0 amide bonds. The van der Waals surface area contributed by atoms with Crippen molar-refractivity contribution in [2.75, 3.05) is 5.32 Å². The Labute approximate surface area is 101 Å². The molecular weight excluding hydrogens is 214 g/mol. The molecule has 90 valence electrons. The standard InChI is InChI=1S/C12H17N5/c1-3-4-11-5-12(14-8-13-11)17-9(2)10-6-15-16-7-10/h5-9H,3-4H2,1-2H3,(H,15,16)(H,13,14,17). The van der Waals surface area contributed by atoms with Gasteiger partial charge in [0.05, 0.1) is 12.2 Å². The summed E-state index contributed by atoms with van der Waals surface area (Å²) in [6.07, 6.45) is 7.37. The van der Waals surface area contributed by atoms with E-state index in [2.05, 4.69) is 39.3 Å². The van der Waals surface area contributed by atoms with Crippen LogP contribution in [0.1, 0.15) is 37.6 Å². The van der Waals surface area contributed by atoms with Crippen molar-refractivity contribution in [1.82, 2.24) is 20.2 Å². The highest BCUT2D eigenvalue weighted by molar-refractivity contribution is 5.37. The van der Waals surface area contributed by atoms with Gasteiger partial charge in [0.25, 0.3) is 0 Å². The summed E-state index contributed by atoms with van der Waals surface area (Å²) in [5.74, 6) is 0.858. The van der Waals surface area contributed by atoms with Gasteiger partial charge in [-0.25, -0.2) is 9.97 Å². The van der Waals surface area contributed by atoms with E-state index in [0.29, 0.717) is 0 Å². The third kappa shape index (κ3) is 3.03. The largest absolute Gasteiger partial charge is 0.363 e. The number of nitrogens with one attached hydrogen (secondary N) is 2. The molecule has 2 heterocycles. The zero-order valence-electron chi connectivity index (χ0n) is 10.1. The minimum absolute atomic E-state index is 0.179. The number of hydrogen-bond acceptors (Lipinski definition) is 4. The molecule has 0 fully saturated rings. The van der Waals surface area contributed by atoms with Crippen LogP contribution in [0.2, 0.25) is 0 Å². The molecule has 2 N–H and O–H groups in total. The molecule has 1 atom stereocenters. The fourth-order valence-corrected chi connectivity index (χ4v) is 1.67. The molecule has 17 heavy (non-hydrogen) atoms. The fourth-order valence-electron chi connectivity index (χ4n) is 1.67. The highest BCUT2D eigenvalue weighted by Crippen LogP contribution is 2.16. The number of nitrogens with zero attached hydrogens (tertiary/aromatic N) is 3. The van der Waals surface area contributed by atoms with Gasteiger partial charge < -0.3 is 5.32 Å². The maximum absolute atomic E-state index is 4.23. The van der Waals surface area contributed by atoms with E-state index in [1.54, 1.807) is 6.33 Å². The van der Waals surface area contributed by atoms with Gasteiger partial charge in [-0.2, -0.15) is 5.10 Å². The molecule has 0 aromatic carbocycles. The summed E-state index contributed by atoms with van der Waals surface area (Å²) in [4.78, 5) is 8.45. The second-order valence-electron chi connectivity index (χ2n) is 4.04. The zero-order chi connectivity index (χ0) is 12.1. The quantitative estimate of drug-likeness (QED) is 0.828. The second kappa shape index (κ2) is 5.43. The molecule has 2 rings (SSSR count). The van der Waals surface area contributed by atoms with Gasteiger partial charge in [0.2, 0.25) is 0 Å². The highest BCUT2D eigenvalue weighted by atomic mass is 15.1. The molecule has 0 saturated carbocycles. The smallest absolute Gasteiger partial charge is 0.130 e. The monoisotopic (exact) mass is 231 g/mol. The molecular formula is C12H17N5. The van der Waals surface area contributed by atoms with Crippen LogP contribution in [0.3, 0.4) is 0 Å². The van der Waals surface area contributed by atoms with Crippen LogP contribution in [0.5, 0.6) is 0 Å². The molecule has 0 spiro atoms. The maximum Gasteiger partial charge on any atom is 0.130 e. The molecule has 5 heteroatoms. The number of hydrogen-bond donors (Lipinski definition) is 2. The predicted octanol–water partition coefficient (Wildman–Crippen LogP) is 2.33. The van der Waals surface area contributed by atoms with E-state index in [1.165, 1.54) is 0 Å². The number of H-pyrrole nitrogens is 1. The predicted molar refractivity (Wildman–Crippen MR) is 66.7 cm³/mol. The summed E-state index contributed by atoms with van der Waals surface area (Å²) in [5, 5.41) is 10.1. The molecule has 5 nitrogen and oxygen atoms in total. The Bertz CT molecular complexity index is 452. The van der Waals surface area contributed by atoms with E-state index in [4.69, 9.17) is 0 Å².